The summed E-state index contributed by atoms with van der Waals surface area (Å²) in [7, 11) is 0. The second-order valence-electron chi connectivity index (χ2n) is 6.12. The minimum Gasteiger partial charge on any atom is -0.368 e. The third-order valence-corrected chi connectivity index (χ3v) is 5.14. The van der Waals surface area contributed by atoms with Crippen LogP contribution in [0.4, 0.5) is 10.1 Å². The molecule has 0 spiro atoms. The van der Waals surface area contributed by atoms with Crippen molar-refractivity contribution in [1.29, 1.82) is 0 Å². The van der Waals surface area contributed by atoms with E-state index in [0.29, 0.717) is 17.6 Å². The Labute approximate surface area is 150 Å². The van der Waals surface area contributed by atoms with E-state index in [2.05, 4.69) is 52.9 Å². The lowest BCUT2D eigenvalue weighted by molar-refractivity contribution is 0.0742. The number of carbonyl (C=O) groups excluding carboxylic acids is 1. The number of nitrogens with zero attached hydrogens (tertiary/aromatic N) is 2. The first-order valence-electron chi connectivity index (χ1n) is 8.03. The molecule has 1 heterocycles. The Morgan fingerprint density at radius 2 is 1.79 bits per heavy atom. The number of benzene rings is 2. The molecule has 0 saturated carbocycles. The molecule has 1 saturated heterocycles. The lowest BCUT2D eigenvalue weighted by Crippen LogP contribution is -2.49. The predicted molar refractivity (Wildman–Crippen MR) is 98.1 cm³/mol. The summed E-state index contributed by atoms with van der Waals surface area (Å²) >= 11 is 3.30. The van der Waals surface area contributed by atoms with Crippen LogP contribution in [0.15, 0.2) is 40.9 Å². The van der Waals surface area contributed by atoms with Crippen molar-refractivity contribution in [2.45, 2.75) is 13.8 Å². The van der Waals surface area contributed by atoms with Crippen LogP contribution in [0.1, 0.15) is 21.5 Å². The Morgan fingerprint density at radius 3 is 2.50 bits per heavy atom. The van der Waals surface area contributed by atoms with Crippen molar-refractivity contribution in [3.05, 3.63) is 63.4 Å². The van der Waals surface area contributed by atoms with E-state index in [4.69, 9.17) is 0 Å². The molecule has 1 fully saturated rings. The van der Waals surface area contributed by atoms with E-state index in [9.17, 15) is 9.18 Å². The molecule has 3 nitrogen and oxygen atoms in total. The van der Waals surface area contributed by atoms with Crippen LogP contribution in [0.25, 0.3) is 0 Å². The zero-order valence-electron chi connectivity index (χ0n) is 13.9. The molecule has 0 radical (unpaired) electrons. The van der Waals surface area contributed by atoms with Crippen LogP contribution in [0.5, 0.6) is 0 Å². The Hall–Kier alpha value is -1.88. The smallest absolute Gasteiger partial charge is 0.256 e. The van der Waals surface area contributed by atoms with E-state index < -0.39 is 5.82 Å². The van der Waals surface area contributed by atoms with Crippen LogP contribution in [-0.2, 0) is 0 Å². The van der Waals surface area contributed by atoms with E-state index in [1.165, 1.54) is 22.9 Å². The SMILES string of the molecule is Cc1cccc(N2CCN(C(=O)c3cc(Br)ccc3F)CC2)c1C. The maximum Gasteiger partial charge on any atom is 0.256 e. The molecular weight excluding hydrogens is 371 g/mol. The molecule has 0 aliphatic carbocycles. The lowest BCUT2D eigenvalue weighted by Gasteiger charge is -2.37. The maximum absolute atomic E-state index is 13.9. The van der Waals surface area contributed by atoms with Crippen molar-refractivity contribution in [2.75, 3.05) is 31.1 Å². The third kappa shape index (κ3) is 3.31. The van der Waals surface area contributed by atoms with Crippen molar-refractivity contribution in [3.8, 4) is 0 Å². The van der Waals surface area contributed by atoms with Crippen LogP contribution in [0.3, 0.4) is 0 Å². The van der Waals surface area contributed by atoms with E-state index >= 15 is 0 Å². The van der Waals surface area contributed by atoms with E-state index in [1.807, 2.05) is 0 Å². The van der Waals surface area contributed by atoms with E-state index in [1.54, 1.807) is 17.0 Å². The number of rotatable bonds is 2. The number of halogens is 2. The van der Waals surface area contributed by atoms with Gasteiger partial charge in [-0.1, -0.05) is 28.1 Å². The number of piperazine rings is 1. The maximum atomic E-state index is 13.9. The van der Waals surface area contributed by atoms with Crippen LogP contribution in [0.2, 0.25) is 0 Å². The molecular formula is C19H20BrFN2O. The van der Waals surface area contributed by atoms with Gasteiger partial charge >= 0.3 is 0 Å². The van der Waals surface area contributed by atoms with Crippen molar-refractivity contribution in [2.24, 2.45) is 0 Å². The molecule has 1 amide bonds. The number of aryl methyl sites for hydroxylation is 1. The average molecular weight is 391 g/mol. The number of hydrogen-bond acceptors (Lipinski definition) is 2. The summed E-state index contributed by atoms with van der Waals surface area (Å²) in [6.45, 7) is 6.93. The monoisotopic (exact) mass is 390 g/mol. The van der Waals surface area contributed by atoms with Gasteiger partial charge in [-0.2, -0.15) is 0 Å². The lowest BCUT2D eigenvalue weighted by atomic mass is 10.1. The summed E-state index contributed by atoms with van der Waals surface area (Å²) in [5.41, 5.74) is 3.89. The Kier molecular flexibility index (Phi) is 4.90. The zero-order chi connectivity index (χ0) is 17.3. The highest BCUT2D eigenvalue weighted by Gasteiger charge is 2.25. The summed E-state index contributed by atoms with van der Waals surface area (Å²) in [5.74, 6) is -0.713. The highest BCUT2D eigenvalue weighted by atomic mass is 79.9. The summed E-state index contributed by atoms with van der Waals surface area (Å²) in [6, 6.07) is 10.8. The summed E-state index contributed by atoms with van der Waals surface area (Å²) < 4.78 is 14.6. The number of hydrogen-bond donors (Lipinski definition) is 0. The molecule has 126 valence electrons. The van der Waals surface area contributed by atoms with Crippen molar-refractivity contribution >= 4 is 27.5 Å². The van der Waals surface area contributed by atoms with Crippen molar-refractivity contribution in [1.82, 2.24) is 4.90 Å². The second kappa shape index (κ2) is 6.93. The quantitative estimate of drug-likeness (QED) is 0.768. The van der Waals surface area contributed by atoms with Gasteiger partial charge in [-0.3, -0.25) is 4.79 Å². The fourth-order valence-electron chi connectivity index (χ4n) is 3.06. The van der Waals surface area contributed by atoms with Crippen LogP contribution >= 0.6 is 15.9 Å². The molecule has 0 aromatic heterocycles. The Morgan fingerprint density at radius 1 is 1.08 bits per heavy atom. The average Bonchev–Trinajstić information content (AvgIpc) is 2.59. The topological polar surface area (TPSA) is 23.6 Å². The Bertz CT molecular complexity index is 770. The van der Waals surface area contributed by atoms with Gasteiger partial charge in [0.05, 0.1) is 5.56 Å². The fourth-order valence-corrected chi connectivity index (χ4v) is 3.42. The number of carbonyl (C=O) groups is 1. The molecule has 2 aromatic carbocycles. The normalized spacial score (nSPS) is 14.8. The van der Waals surface area contributed by atoms with Gasteiger partial charge in [-0.15, -0.1) is 0 Å². The number of anilines is 1. The van der Waals surface area contributed by atoms with Gasteiger partial charge in [0.2, 0.25) is 0 Å². The van der Waals surface area contributed by atoms with Crippen LogP contribution in [-0.4, -0.2) is 37.0 Å². The standard InChI is InChI=1S/C19H20BrFN2O/c1-13-4-3-5-18(14(13)2)22-8-10-23(11-9-22)19(24)16-12-15(20)6-7-17(16)21/h3-7,12H,8-11H2,1-2H3. The van der Waals surface area contributed by atoms with Crippen molar-refractivity contribution < 1.29 is 9.18 Å². The number of amides is 1. The first kappa shape index (κ1) is 17.0. The molecule has 3 rings (SSSR count). The second-order valence-corrected chi connectivity index (χ2v) is 7.04. The van der Waals surface area contributed by atoms with E-state index in [-0.39, 0.29) is 11.5 Å². The largest absolute Gasteiger partial charge is 0.368 e. The van der Waals surface area contributed by atoms with Crippen LogP contribution < -0.4 is 4.90 Å². The van der Waals surface area contributed by atoms with Gasteiger partial charge in [0.1, 0.15) is 5.82 Å². The molecule has 0 atom stereocenters. The third-order valence-electron chi connectivity index (χ3n) is 4.64. The minimum absolute atomic E-state index is 0.129. The van der Waals surface area contributed by atoms with Gasteiger partial charge in [0.15, 0.2) is 0 Å². The molecule has 1 aliphatic rings. The summed E-state index contributed by atoms with van der Waals surface area (Å²) in [6.07, 6.45) is 0. The highest BCUT2D eigenvalue weighted by molar-refractivity contribution is 9.10. The summed E-state index contributed by atoms with van der Waals surface area (Å²) in [4.78, 5) is 16.6. The zero-order valence-corrected chi connectivity index (χ0v) is 15.4. The molecule has 5 heteroatoms. The van der Waals surface area contributed by atoms with Gasteiger partial charge < -0.3 is 9.80 Å². The molecule has 0 N–H and O–H groups in total. The Balaban J connectivity index is 1.72. The highest BCUT2D eigenvalue weighted by Crippen LogP contribution is 2.24. The van der Waals surface area contributed by atoms with Gasteiger partial charge in [-0.05, 0) is 49.2 Å². The van der Waals surface area contributed by atoms with Gasteiger partial charge in [0, 0.05) is 36.3 Å². The van der Waals surface area contributed by atoms with Crippen LogP contribution in [0, 0.1) is 19.7 Å². The molecule has 24 heavy (non-hydrogen) atoms. The molecule has 1 aliphatic heterocycles. The van der Waals surface area contributed by atoms with E-state index in [0.717, 1.165) is 13.1 Å². The fraction of sp³-hybridized carbons (Fsp3) is 0.316. The minimum atomic E-state index is -0.472. The van der Waals surface area contributed by atoms with Gasteiger partial charge in [0.25, 0.3) is 5.91 Å². The molecule has 2 aromatic rings. The van der Waals surface area contributed by atoms with Crippen molar-refractivity contribution in [3.63, 3.8) is 0 Å². The van der Waals surface area contributed by atoms with Gasteiger partial charge in [-0.25, -0.2) is 4.39 Å². The summed E-state index contributed by atoms with van der Waals surface area (Å²) in [5, 5.41) is 0. The first-order chi connectivity index (χ1) is 11.5. The first-order valence-corrected chi connectivity index (χ1v) is 8.82. The predicted octanol–water partition coefficient (Wildman–Crippen LogP) is 4.17. The molecule has 0 unspecified atom stereocenters. The molecule has 0 bridgehead atoms.